The largest absolute Gasteiger partial charge is 0.496 e. The Bertz CT molecular complexity index is 680. The van der Waals surface area contributed by atoms with E-state index in [1.54, 1.807) is 6.07 Å². The van der Waals surface area contributed by atoms with E-state index in [4.69, 9.17) is 4.74 Å². The zero-order valence-corrected chi connectivity index (χ0v) is 15.4. The van der Waals surface area contributed by atoms with E-state index in [1.807, 2.05) is 6.92 Å². The number of sulfonamides is 1. The molecule has 1 fully saturated rings. The van der Waals surface area contributed by atoms with Gasteiger partial charge in [0, 0.05) is 19.6 Å². The number of ether oxygens (including phenoxy) is 1. The maximum Gasteiger partial charge on any atom is 0.255 e. The van der Waals surface area contributed by atoms with Crippen molar-refractivity contribution in [2.45, 2.75) is 38.0 Å². The van der Waals surface area contributed by atoms with E-state index in [9.17, 15) is 13.2 Å². The van der Waals surface area contributed by atoms with Gasteiger partial charge in [-0.2, -0.15) is 4.31 Å². The average molecular weight is 354 g/mol. The fourth-order valence-electron chi connectivity index (χ4n) is 2.73. The van der Waals surface area contributed by atoms with Gasteiger partial charge in [-0.3, -0.25) is 4.79 Å². The molecule has 2 rings (SSSR count). The highest BCUT2D eigenvalue weighted by molar-refractivity contribution is 7.89. The van der Waals surface area contributed by atoms with E-state index in [0.29, 0.717) is 31.3 Å². The van der Waals surface area contributed by atoms with Crippen LogP contribution in [0.3, 0.4) is 0 Å². The summed E-state index contributed by atoms with van der Waals surface area (Å²) in [4.78, 5) is 12.4. The molecule has 1 amide bonds. The number of piperidine rings is 1. The summed E-state index contributed by atoms with van der Waals surface area (Å²) in [6.45, 7) is 5.66. The van der Waals surface area contributed by atoms with Crippen molar-refractivity contribution in [2.24, 2.45) is 5.92 Å². The Morgan fingerprint density at radius 1 is 1.33 bits per heavy atom. The van der Waals surface area contributed by atoms with Crippen LogP contribution in [0.1, 0.15) is 43.5 Å². The maximum absolute atomic E-state index is 12.8. The number of rotatable bonds is 6. The maximum atomic E-state index is 12.8. The first-order valence-electron chi connectivity index (χ1n) is 8.36. The molecule has 0 spiro atoms. The Morgan fingerprint density at radius 3 is 2.58 bits per heavy atom. The molecule has 1 N–H and O–H groups in total. The molecule has 134 valence electrons. The number of hydrogen-bond acceptors (Lipinski definition) is 4. The summed E-state index contributed by atoms with van der Waals surface area (Å²) in [5.74, 6) is 0.593. The second kappa shape index (κ2) is 7.98. The molecule has 1 aromatic carbocycles. The third kappa shape index (κ3) is 4.08. The van der Waals surface area contributed by atoms with Gasteiger partial charge in [-0.25, -0.2) is 8.42 Å². The SMILES string of the molecule is CCCNC(=O)c1cc(S(=O)(=O)N2CCC(C)CC2)ccc1OC. The molecule has 1 heterocycles. The highest BCUT2D eigenvalue weighted by atomic mass is 32.2. The highest BCUT2D eigenvalue weighted by Gasteiger charge is 2.29. The van der Waals surface area contributed by atoms with Gasteiger partial charge in [-0.15, -0.1) is 0 Å². The summed E-state index contributed by atoms with van der Waals surface area (Å²) in [6.07, 6.45) is 2.52. The van der Waals surface area contributed by atoms with E-state index < -0.39 is 10.0 Å². The summed E-state index contributed by atoms with van der Waals surface area (Å²) >= 11 is 0. The van der Waals surface area contributed by atoms with Crippen LogP contribution in [-0.2, 0) is 10.0 Å². The Kier molecular flexibility index (Phi) is 6.23. The van der Waals surface area contributed by atoms with Gasteiger partial charge in [0.15, 0.2) is 0 Å². The lowest BCUT2D eigenvalue weighted by Crippen LogP contribution is -2.38. The van der Waals surface area contributed by atoms with E-state index in [2.05, 4.69) is 12.2 Å². The first-order chi connectivity index (χ1) is 11.4. The third-order valence-corrected chi connectivity index (χ3v) is 6.23. The van der Waals surface area contributed by atoms with Crippen molar-refractivity contribution >= 4 is 15.9 Å². The third-order valence-electron chi connectivity index (χ3n) is 4.33. The van der Waals surface area contributed by atoms with Crippen molar-refractivity contribution in [1.29, 1.82) is 0 Å². The van der Waals surface area contributed by atoms with Crippen LogP contribution >= 0.6 is 0 Å². The first kappa shape index (κ1) is 18.7. The number of benzene rings is 1. The predicted molar refractivity (Wildman–Crippen MR) is 92.8 cm³/mol. The van der Waals surface area contributed by atoms with Crippen molar-refractivity contribution in [2.75, 3.05) is 26.7 Å². The van der Waals surface area contributed by atoms with E-state index >= 15 is 0 Å². The number of carbonyl (C=O) groups excluding carboxylic acids is 1. The van der Waals surface area contributed by atoms with E-state index in [1.165, 1.54) is 23.5 Å². The Labute approximate surface area is 144 Å². The lowest BCUT2D eigenvalue weighted by atomic mass is 10.0. The molecule has 0 atom stereocenters. The summed E-state index contributed by atoms with van der Waals surface area (Å²) in [6, 6.07) is 4.46. The minimum Gasteiger partial charge on any atom is -0.496 e. The molecule has 0 aromatic heterocycles. The standard InChI is InChI=1S/C17H26N2O4S/c1-4-9-18-17(20)15-12-14(5-6-16(15)23-3)24(21,22)19-10-7-13(2)8-11-19/h5-6,12-13H,4,7-11H2,1-3H3,(H,18,20). The Morgan fingerprint density at radius 2 is 2.00 bits per heavy atom. The van der Waals surface area contributed by atoms with Crippen LogP contribution in [0.25, 0.3) is 0 Å². The Hall–Kier alpha value is -1.60. The topological polar surface area (TPSA) is 75.7 Å². The zero-order chi connectivity index (χ0) is 17.7. The number of nitrogens with zero attached hydrogens (tertiary/aromatic N) is 1. The van der Waals surface area contributed by atoms with E-state index in [-0.39, 0.29) is 16.4 Å². The van der Waals surface area contributed by atoms with Gasteiger partial charge in [-0.05, 0) is 43.4 Å². The van der Waals surface area contributed by atoms with Crippen molar-refractivity contribution in [3.63, 3.8) is 0 Å². The number of hydrogen-bond donors (Lipinski definition) is 1. The van der Waals surface area contributed by atoms with Gasteiger partial charge in [-0.1, -0.05) is 13.8 Å². The molecule has 1 aliphatic rings. The number of amides is 1. The van der Waals surface area contributed by atoms with Crippen LogP contribution in [0.5, 0.6) is 5.75 Å². The summed E-state index contributed by atoms with van der Waals surface area (Å²) < 4.78 is 32.4. The molecule has 0 bridgehead atoms. The smallest absolute Gasteiger partial charge is 0.255 e. The normalized spacial score (nSPS) is 16.8. The quantitative estimate of drug-likeness (QED) is 0.850. The second-order valence-electron chi connectivity index (χ2n) is 6.20. The Balaban J connectivity index is 2.31. The molecule has 7 heteroatoms. The van der Waals surface area contributed by atoms with Gasteiger partial charge < -0.3 is 10.1 Å². The molecule has 24 heavy (non-hydrogen) atoms. The van der Waals surface area contributed by atoms with Gasteiger partial charge in [0.2, 0.25) is 10.0 Å². The van der Waals surface area contributed by atoms with Crippen LogP contribution in [0, 0.1) is 5.92 Å². The average Bonchev–Trinajstić information content (AvgIpc) is 2.59. The summed E-state index contributed by atoms with van der Waals surface area (Å²) in [5.41, 5.74) is 0.248. The van der Waals surface area contributed by atoms with Crippen LogP contribution in [-0.4, -0.2) is 45.4 Å². The molecule has 0 radical (unpaired) electrons. The molecule has 1 aliphatic heterocycles. The molecular weight excluding hydrogens is 328 g/mol. The molecule has 6 nitrogen and oxygen atoms in total. The highest BCUT2D eigenvalue weighted by Crippen LogP contribution is 2.27. The summed E-state index contributed by atoms with van der Waals surface area (Å²) in [7, 11) is -2.12. The van der Waals surface area contributed by atoms with Crippen molar-refractivity contribution in [3.05, 3.63) is 23.8 Å². The molecule has 0 saturated carbocycles. The molecule has 0 unspecified atom stereocenters. The van der Waals surface area contributed by atoms with Gasteiger partial charge in [0.05, 0.1) is 17.6 Å². The van der Waals surface area contributed by atoms with E-state index in [0.717, 1.165) is 19.3 Å². The molecule has 0 aliphatic carbocycles. The van der Waals surface area contributed by atoms with Gasteiger partial charge >= 0.3 is 0 Å². The zero-order valence-electron chi connectivity index (χ0n) is 14.5. The van der Waals surface area contributed by atoms with Crippen LogP contribution in [0.4, 0.5) is 0 Å². The minimum atomic E-state index is -3.59. The number of carbonyl (C=O) groups is 1. The molecule has 1 saturated heterocycles. The number of methoxy groups -OCH3 is 1. The number of nitrogens with one attached hydrogen (secondary N) is 1. The van der Waals surface area contributed by atoms with Crippen molar-refractivity contribution in [3.8, 4) is 5.75 Å². The summed E-state index contributed by atoms with van der Waals surface area (Å²) in [5, 5.41) is 2.76. The van der Waals surface area contributed by atoms with Gasteiger partial charge in [0.25, 0.3) is 5.91 Å². The first-order valence-corrected chi connectivity index (χ1v) is 9.80. The fraction of sp³-hybridized carbons (Fsp3) is 0.588. The molecule has 1 aromatic rings. The van der Waals surface area contributed by atoms with Crippen LogP contribution < -0.4 is 10.1 Å². The van der Waals surface area contributed by atoms with Gasteiger partial charge in [0.1, 0.15) is 5.75 Å². The monoisotopic (exact) mass is 354 g/mol. The predicted octanol–water partition coefficient (Wildman–Crippen LogP) is 2.26. The second-order valence-corrected chi connectivity index (χ2v) is 8.14. The molecular formula is C17H26N2O4S. The minimum absolute atomic E-state index is 0.138. The van der Waals surface area contributed by atoms with Crippen LogP contribution in [0.15, 0.2) is 23.1 Å². The van der Waals surface area contributed by atoms with Crippen molar-refractivity contribution < 1.29 is 17.9 Å². The lowest BCUT2D eigenvalue weighted by molar-refractivity contribution is 0.0950. The lowest BCUT2D eigenvalue weighted by Gasteiger charge is -2.29. The van der Waals surface area contributed by atoms with Crippen molar-refractivity contribution in [1.82, 2.24) is 9.62 Å². The fourth-order valence-corrected chi connectivity index (χ4v) is 4.23. The van der Waals surface area contributed by atoms with Crippen LogP contribution in [0.2, 0.25) is 0 Å².